The van der Waals surface area contributed by atoms with E-state index in [0.29, 0.717) is 0 Å². The molecule has 1 N–H and O–H groups in total. The molecule has 0 aliphatic carbocycles. The number of hydrogen-bond acceptors (Lipinski definition) is 2. The van der Waals surface area contributed by atoms with E-state index in [2.05, 4.69) is 27.4 Å². The molecule has 22 heavy (non-hydrogen) atoms. The second-order valence-electron chi connectivity index (χ2n) is 5.15. The number of aromatic amines is 1. The topological polar surface area (TPSA) is 50.2 Å². The van der Waals surface area contributed by atoms with Crippen LogP contribution in [0.3, 0.4) is 0 Å². The second-order valence-corrected chi connectivity index (χ2v) is 5.15. The molecule has 5 heteroatoms. The zero-order valence-corrected chi connectivity index (χ0v) is 12.7. The maximum Gasteiger partial charge on any atom is 0.248 e. The average molecular weight is 312 g/mol. The fourth-order valence-corrected chi connectivity index (χ4v) is 2.60. The third-order valence-corrected chi connectivity index (χ3v) is 3.72. The molecule has 4 rings (SSSR count). The predicted octanol–water partition coefficient (Wildman–Crippen LogP) is 3.57. The van der Waals surface area contributed by atoms with Gasteiger partial charge in [-0.2, -0.15) is 0 Å². The van der Waals surface area contributed by atoms with Gasteiger partial charge in [-0.3, -0.25) is 4.79 Å². The van der Waals surface area contributed by atoms with Crippen molar-refractivity contribution < 1.29 is 0 Å². The minimum Gasteiger partial charge on any atom is -0.322 e. The van der Waals surface area contributed by atoms with E-state index in [1.54, 1.807) is 6.07 Å². The number of nitrogens with one attached hydrogen (secondary N) is 1. The van der Waals surface area contributed by atoms with Crippen molar-refractivity contribution in [2.75, 3.05) is 0 Å². The summed E-state index contributed by atoms with van der Waals surface area (Å²) >= 11 is 0. The summed E-state index contributed by atoms with van der Waals surface area (Å²) in [6.45, 7) is 2.06. The van der Waals surface area contributed by atoms with Crippen LogP contribution in [0.15, 0.2) is 59.5 Å². The maximum atomic E-state index is 11.3. The van der Waals surface area contributed by atoms with Gasteiger partial charge in [0.15, 0.2) is 0 Å². The summed E-state index contributed by atoms with van der Waals surface area (Å²) in [5.74, 6) is 0. The molecular formula is C17H14ClN3O. The molecule has 0 aliphatic rings. The predicted molar refractivity (Wildman–Crippen MR) is 90.7 cm³/mol. The molecule has 0 spiro atoms. The molecule has 1 aromatic carbocycles. The van der Waals surface area contributed by atoms with Gasteiger partial charge in [0.05, 0.1) is 5.69 Å². The lowest BCUT2D eigenvalue weighted by atomic mass is 10.1. The number of benzene rings is 1. The fourth-order valence-electron chi connectivity index (χ4n) is 2.60. The highest BCUT2D eigenvalue weighted by molar-refractivity contribution is 5.85. The summed E-state index contributed by atoms with van der Waals surface area (Å²) in [5.41, 5.74) is 4.81. The van der Waals surface area contributed by atoms with Crippen LogP contribution < -0.4 is 5.56 Å². The van der Waals surface area contributed by atoms with Gasteiger partial charge in [0, 0.05) is 29.0 Å². The Labute approximate surface area is 132 Å². The van der Waals surface area contributed by atoms with Crippen molar-refractivity contribution >= 4 is 29.0 Å². The molecule has 0 radical (unpaired) electrons. The van der Waals surface area contributed by atoms with E-state index in [4.69, 9.17) is 0 Å². The molecule has 0 aliphatic heterocycles. The van der Waals surface area contributed by atoms with Gasteiger partial charge in [-0.15, -0.1) is 12.4 Å². The van der Waals surface area contributed by atoms with Crippen molar-refractivity contribution in [3.63, 3.8) is 0 Å². The van der Waals surface area contributed by atoms with E-state index in [1.165, 1.54) is 0 Å². The molecule has 4 nitrogen and oxygen atoms in total. The zero-order chi connectivity index (χ0) is 14.4. The number of fused-ring (bicyclic) bond motifs is 2. The Hall–Kier alpha value is -2.59. The van der Waals surface area contributed by atoms with E-state index in [0.717, 1.165) is 33.5 Å². The quantitative estimate of drug-likeness (QED) is 0.584. The van der Waals surface area contributed by atoms with Crippen molar-refractivity contribution in [1.82, 2.24) is 14.4 Å². The molecule has 0 bridgehead atoms. The number of imidazole rings is 1. The summed E-state index contributed by atoms with van der Waals surface area (Å²) in [6.07, 6.45) is 2.04. The van der Waals surface area contributed by atoms with E-state index >= 15 is 0 Å². The molecular weight excluding hydrogens is 298 g/mol. The lowest BCUT2D eigenvalue weighted by Gasteiger charge is -2.00. The third kappa shape index (κ3) is 2.27. The van der Waals surface area contributed by atoms with Crippen LogP contribution in [0.2, 0.25) is 0 Å². The van der Waals surface area contributed by atoms with Crippen LogP contribution in [0, 0.1) is 6.92 Å². The third-order valence-electron chi connectivity index (χ3n) is 3.72. The maximum absolute atomic E-state index is 11.3. The van der Waals surface area contributed by atoms with Crippen LogP contribution in [0.25, 0.3) is 27.8 Å². The molecule has 3 aromatic heterocycles. The molecule has 4 aromatic rings. The van der Waals surface area contributed by atoms with Gasteiger partial charge in [-0.1, -0.05) is 12.1 Å². The van der Waals surface area contributed by atoms with Crippen LogP contribution >= 0.6 is 12.4 Å². The van der Waals surface area contributed by atoms with Gasteiger partial charge >= 0.3 is 0 Å². The largest absolute Gasteiger partial charge is 0.322 e. The molecule has 0 saturated heterocycles. The van der Waals surface area contributed by atoms with E-state index in [-0.39, 0.29) is 18.0 Å². The average Bonchev–Trinajstić information content (AvgIpc) is 2.92. The lowest BCUT2D eigenvalue weighted by molar-refractivity contribution is 1.09. The smallest absolute Gasteiger partial charge is 0.248 e. The molecule has 110 valence electrons. The van der Waals surface area contributed by atoms with E-state index in [1.807, 2.05) is 42.6 Å². The molecule has 0 amide bonds. The standard InChI is InChI=1S/C17H13N3O.ClH/c1-11-3-2-4-16-18-15(10-20(11)16)13-5-7-14-12(9-13)6-8-17(21)19-14;/h2-10H,1H3,(H,19,21);1H. The summed E-state index contributed by atoms with van der Waals surface area (Å²) in [7, 11) is 0. The van der Waals surface area contributed by atoms with Crippen molar-refractivity contribution in [3.05, 3.63) is 70.8 Å². The van der Waals surface area contributed by atoms with Crippen molar-refractivity contribution in [2.24, 2.45) is 0 Å². The van der Waals surface area contributed by atoms with E-state index < -0.39 is 0 Å². The first-order chi connectivity index (χ1) is 10.2. The Morgan fingerprint density at radius 3 is 2.77 bits per heavy atom. The van der Waals surface area contributed by atoms with E-state index in [9.17, 15) is 4.79 Å². The number of nitrogens with zero attached hydrogens (tertiary/aromatic N) is 2. The van der Waals surface area contributed by atoms with Crippen LogP contribution in [0.4, 0.5) is 0 Å². The normalized spacial score (nSPS) is 10.8. The Morgan fingerprint density at radius 2 is 1.95 bits per heavy atom. The highest BCUT2D eigenvalue weighted by Crippen LogP contribution is 2.23. The Balaban J connectivity index is 0.00000144. The Bertz CT molecular complexity index is 1030. The second kappa shape index (κ2) is 5.31. The number of hydrogen-bond donors (Lipinski definition) is 1. The SMILES string of the molecule is Cc1cccc2nc(-c3ccc4[nH]c(=O)ccc4c3)cn12.Cl. The van der Waals surface area contributed by atoms with Gasteiger partial charge in [-0.25, -0.2) is 4.98 Å². The molecule has 3 heterocycles. The van der Waals surface area contributed by atoms with Crippen LogP contribution in [0.1, 0.15) is 5.69 Å². The first-order valence-electron chi connectivity index (χ1n) is 6.79. The highest BCUT2D eigenvalue weighted by atomic mass is 35.5. The number of H-pyrrole nitrogens is 1. The van der Waals surface area contributed by atoms with Crippen LogP contribution in [-0.4, -0.2) is 14.4 Å². The summed E-state index contributed by atoms with van der Waals surface area (Å²) in [4.78, 5) is 18.8. The monoisotopic (exact) mass is 311 g/mol. The van der Waals surface area contributed by atoms with Crippen LogP contribution in [0.5, 0.6) is 0 Å². The minimum absolute atomic E-state index is 0. The molecule has 0 saturated carbocycles. The lowest BCUT2D eigenvalue weighted by Crippen LogP contribution is -2.01. The minimum atomic E-state index is -0.0846. The zero-order valence-electron chi connectivity index (χ0n) is 11.9. The first-order valence-corrected chi connectivity index (χ1v) is 6.79. The molecule has 0 unspecified atom stereocenters. The van der Waals surface area contributed by atoms with Crippen molar-refractivity contribution in [1.29, 1.82) is 0 Å². The number of pyridine rings is 2. The fraction of sp³-hybridized carbons (Fsp3) is 0.0588. The molecule has 0 atom stereocenters. The number of halogens is 1. The highest BCUT2D eigenvalue weighted by Gasteiger charge is 2.06. The van der Waals surface area contributed by atoms with Crippen molar-refractivity contribution in [3.8, 4) is 11.3 Å². The first kappa shape index (κ1) is 14.4. The van der Waals surface area contributed by atoms with Gasteiger partial charge < -0.3 is 9.38 Å². The van der Waals surface area contributed by atoms with Gasteiger partial charge in [0.25, 0.3) is 0 Å². The summed E-state index contributed by atoms with van der Waals surface area (Å²) < 4.78 is 2.08. The molecule has 0 fully saturated rings. The number of aryl methyl sites for hydroxylation is 1. The van der Waals surface area contributed by atoms with Crippen LogP contribution in [-0.2, 0) is 0 Å². The van der Waals surface area contributed by atoms with Gasteiger partial charge in [0.2, 0.25) is 5.56 Å². The Kier molecular flexibility index (Phi) is 3.47. The van der Waals surface area contributed by atoms with Gasteiger partial charge in [0.1, 0.15) is 5.65 Å². The number of aromatic nitrogens is 3. The summed E-state index contributed by atoms with van der Waals surface area (Å²) in [6, 6.07) is 15.4. The van der Waals surface area contributed by atoms with Gasteiger partial charge in [-0.05, 0) is 42.6 Å². The number of rotatable bonds is 1. The van der Waals surface area contributed by atoms with Crippen molar-refractivity contribution in [2.45, 2.75) is 6.92 Å². The Morgan fingerprint density at radius 1 is 1.09 bits per heavy atom. The summed E-state index contributed by atoms with van der Waals surface area (Å²) in [5, 5.41) is 1.00.